The Morgan fingerprint density at radius 3 is 2.97 bits per heavy atom. The molecule has 9 nitrogen and oxygen atoms in total. The predicted octanol–water partition coefficient (Wildman–Crippen LogP) is 2.77. The van der Waals surface area contributed by atoms with E-state index in [1.165, 1.54) is 30.6 Å². The molecule has 4 heterocycles. The van der Waals surface area contributed by atoms with Crippen LogP contribution in [0.4, 0.5) is 4.39 Å². The molecule has 2 aromatic rings. The van der Waals surface area contributed by atoms with Crippen LogP contribution in [-0.2, 0) is 19.1 Å². The Bertz CT molecular complexity index is 1230. The minimum atomic E-state index is -1.20. The fourth-order valence-corrected chi connectivity index (χ4v) is 5.82. The van der Waals surface area contributed by atoms with E-state index in [1.54, 1.807) is 11.6 Å². The van der Waals surface area contributed by atoms with E-state index in [0.29, 0.717) is 41.6 Å². The van der Waals surface area contributed by atoms with Gasteiger partial charge in [0.05, 0.1) is 25.9 Å². The number of nitrogens with one attached hydrogen (secondary N) is 1. The number of ether oxygens (including phenoxy) is 2. The minimum Gasteiger partial charge on any atom is -0.480 e. The van der Waals surface area contributed by atoms with E-state index in [0.717, 1.165) is 6.07 Å². The number of benzene rings is 1. The van der Waals surface area contributed by atoms with Crippen LogP contribution in [0.5, 0.6) is 0 Å². The van der Waals surface area contributed by atoms with Gasteiger partial charge in [-0.2, -0.15) is 0 Å². The number of rotatable bonds is 6. The zero-order valence-electron chi connectivity index (χ0n) is 18.7. The zero-order chi connectivity index (χ0) is 24.7. The van der Waals surface area contributed by atoms with Gasteiger partial charge in [0.15, 0.2) is 10.8 Å². The molecule has 2 bridgehead atoms. The van der Waals surface area contributed by atoms with E-state index < -0.39 is 29.3 Å². The fourth-order valence-electron chi connectivity index (χ4n) is 4.96. The highest BCUT2D eigenvalue weighted by Crippen LogP contribution is 2.41. The third-order valence-corrected chi connectivity index (χ3v) is 7.79. The fraction of sp³-hybridized carbons (Fsp3) is 0.391. The van der Waals surface area contributed by atoms with Gasteiger partial charge in [-0.25, -0.2) is 14.2 Å². The molecule has 12 heteroatoms. The van der Waals surface area contributed by atoms with E-state index in [9.17, 15) is 19.1 Å². The number of morpholine rings is 1. The minimum absolute atomic E-state index is 0.0559. The maximum atomic E-state index is 13.8. The highest BCUT2D eigenvalue weighted by Gasteiger charge is 2.55. The molecular formula is C23H22ClFN4O5S. The summed E-state index contributed by atoms with van der Waals surface area (Å²) < 4.78 is 24.5. The van der Waals surface area contributed by atoms with Crippen molar-refractivity contribution >= 4 is 40.7 Å². The highest BCUT2D eigenvalue weighted by atomic mass is 35.5. The van der Waals surface area contributed by atoms with Crippen LogP contribution in [0.3, 0.4) is 0 Å². The lowest BCUT2D eigenvalue weighted by atomic mass is 9.93. The first-order valence-corrected chi connectivity index (χ1v) is 12.2. The van der Waals surface area contributed by atoms with Crippen LogP contribution in [0.25, 0.3) is 0 Å². The number of carbonyl (C=O) groups is 2. The Labute approximate surface area is 209 Å². The number of aliphatic carboxylic acids is 1. The molecular weight excluding hydrogens is 499 g/mol. The molecule has 0 radical (unpaired) electrons. The number of carboxylic acid groups (broad SMARTS) is 1. The lowest BCUT2D eigenvalue weighted by molar-refractivity contribution is -0.161. The molecule has 5 rings (SSSR count). The normalized spacial score (nSPS) is 26.3. The van der Waals surface area contributed by atoms with Crippen molar-refractivity contribution in [2.45, 2.75) is 30.5 Å². The zero-order valence-corrected chi connectivity index (χ0v) is 20.2. The Balaban J connectivity index is 1.64. The maximum Gasteiger partial charge on any atom is 0.338 e. The Morgan fingerprint density at radius 1 is 1.46 bits per heavy atom. The molecule has 2 saturated heterocycles. The van der Waals surface area contributed by atoms with Crippen LogP contribution in [0.2, 0.25) is 5.02 Å². The SMILES string of the molecule is COC(=O)C1=C(CN2C3CCC2(C(=O)O)COC3)NC(c2nccs2)=NC1c1ccc(F)cc1Cl. The highest BCUT2D eigenvalue weighted by molar-refractivity contribution is 7.11. The van der Waals surface area contributed by atoms with Crippen molar-refractivity contribution in [3.05, 3.63) is 62.5 Å². The molecule has 3 atom stereocenters. The number of thiazole rings is 1. The number of esters is 1. The van der Waals surface area contributed by atoms with Crippen molar-refractivity contribution in [3.63, 3.8) is 0 Å². The maximum absolute atomic E-state index is 13.8. The third-order valence-electron chi connectivity index (χ3n) is 6.68. The number of methoxy groups -OCH3 is 1. The summed E-state index contributed by atoms with van der Waals surface area (Å²) in [6, 6.07) is 2.85. The summed E-state index contributed by atoms with van der Waals surface area (Å²) in [4.78, 5) is 36.3. The number of aromatic nitrogens is 1. The Morgan fingerprint density at radius 2 is 2.29 bits per heavy atom. The van der Waals surface area contributed by atoms with Crippen molar-refractivity contribution in [2.75, 3.05) is 26.9 Å². The van der Waals surface area contributed by atoms with Gasteiger partial charge in [0.2, 0.25) is 0 Å². The second-order valence-electron chi connectivity index (χ2n) is 8.56. The van der Waals surface area contributed by atoms with E-state index in [1.807, 2.05) is 4.90 Å². The van der Waals surface area contributed by atoms with Crippen molar-refractivity contribution in [2.24, 2.45) is 4.99 Å². The van der Waals surface area contributed by atoms with Gasteiger partial charge >= 0.3 is 11.9 Å². The third kappa shape index (κ3) is 4.12. The van der Waals surface area contributed by atoms with E-state index >= 15 is 0 Å². The average Bonchev–Trinajstić information content (AvgIpc) is 3.43. The van der Waals surface area contributed by atoms with Gasteiger partial charge in [0.1, 0.15) is 17.4 Å². The number of carboxylic acids is 1. The van der Waals surface area contributed by atoms with Gasteiger partial charge in [-0.15, -0.1) is 11.3 Å². The second kappa shape index (κ2) is 9.30. The number of hydrogen-bond acceptors (Lipinski definition) is 9. The van der Waals surface area contributed by atoms with Crippen LogP contribution in [0.1, 0.15) is 29.5 Å². The summed E-state index contributed by atoms with van der Waals surface area (Å²) in [5, 5.41) is 15.8. The second-order valence-corrected chi connectivity index (χ2v) is 9.87. The monoisotopic (exact) mass is 520 g/mol. The summed E-state index contributed by atoms with van der Waals surface area (Å²) in [7, 11) is 1.26. The predicted molar refractivity (Wildman–Crippen MR) is 126 cm³/mol. The molecule has 0 aliphatic carbocycles. The first kappa shape index (κ1) is 23.9. The molecule has 3 aliphatic rings. The molecule has 3 unspecified atom stereocenters. The van der Waals surface area contributed by atoms with Crippen LogP contribution < -0.4 is 5.32 Å². The number of hydrogen-bond donors (Lipinski definition) is 2. The molecule has 3 aliphatic heterocycles. The van der Waals surface area contributed by atoms with Crippen LogP contribution in [0.15, 0.2) is 46.0 Å². The van der Waals surface area contributed by atoms with Crippen molar-refractivity contribution in [1.29, 1.82) is 0 Å². The molecule has 0 spiro atoms. The molecule has 2 N–H and O–H groups in total. The van der Waals surface area contributed by atoms with Crippen LogP contribution in [-0.4, -0.2) is 71.2 Å². The van der Waals surface area contributed by atoms with Crippen molar-refractivity contribution in [3.8, 4) is 0 Å². The molecule has 1 aromatic carbocycles. The standard InChI is InChI=1S/C23H22ClFN4O5S/c1-33-21(30)17-16(9-29-13-4-5-23(29,22(31)32)11-34-10-13)27-19(20-26-6-7-35-20)28-18(17)14-3-2-12(25)8-15(14)24/h2-3,6-8,13,18H,4-5,9-11H2,1H3,(H,27,28)(H,31,32). The van der Waals surface area contributed by atoms with E-state index in [4.69, 9.17) is 26.1 Å². The first-order valence-electron chi connectivity index (χ1n) is 10.9. The Kier molecular flexibility index (Phi) is 6.34. The lowest BCUT2D eigenvalue weighted by Gasteiger charge is -2.42. The van der Waals surface area contributed by atoms with Gasteiger partial charge in [-0.3, -0.25) is 14.7 Å². The van der Waals surface area contributed by atoms with Gasteiger partial charge in [0, 0.05) is 40.4 Å². The van der Waals surface area contributed by atoms with E-state index in [2.05, 4.69) is 10.3 Å². The summed E-state index contributed by atoms with van der Waals surface area (Å²) >= 11 is 7.74. The van der Waals surface area contributed by atoms with Gasteiger partial charge in [0.25, 0.3) is 0 Å². The van der Waals surface area contributed by atoms with E-state index in [-0.39, 0.29) is 29.8 Å². The van der Waals surface area contributed by atoms with Crippen molar-refractivity contribution in [1.82, 2.24) is 15.2 Å². The van der Waals surface area contributed by atoms with Crippen LogP contribution in [0, 0.1) is 5.82 Å². The first-order chi connectivity index (χ1) is 16.8. The number of amidine groups is 1. The molecule has 0 saturated carbocycles. The van der Waals surface area contributed by atoms with Gasteiger partial charge < -0.3 is 19.9 Å². The van der Waals surface area contributed by atoms with Crippen molar-refractivity contribution < 1.29 is 28.6 Å². The van der Waals surface area contributed by atoms with Gasteiger partial charge in [-0.05, 0) is 25.0 Å². The quantitative estimate of drug-likeness (QED) is 0.559. The largest absolute Gasteiger partial charge is 0.480 e. The summed E-state index contributed by atoms with van der Waals surface area (Å²) in [5.41, 5.74) is -0.174. The molecule has 0 amide bonds. The number of nitrogens with zero attached hydrogens (tertiary/aromatic N) is 3. The summed E-state index contributed by atoms with van der Waals surface area (Å²) in [6.45, 7) is 0.571. The molecule has 2 fully saturated rings. The number of carbonyl (C=O) groups excluding carboxylic acids is 1. The number of halogens is 2. The topological polar surface area (TPSA) is 113 Å². The smallest absolute Gasteiger partial charge is 0.338 e. The summed E-state index contributed by atoms with van der Waals surface area (Å²) in [5.74, 6) is -1.74. The summed E-state index contributed by atoms with van der Waals surface area (Å²) in [6.07, 6.45) is 2.73. The van der Waals surface area contributed by atoms with Crippen LogP contribution >= 0.6 is 22.9 Å². The number of aliphatic imine (C=N–C) groups is 1. The molecule has 1 aromatic heterocycles. The molecule has 35 heavy (non-hydrogen) atoms. The average molecular weight is 521 g/mol. The Hall–Kier alpha value is -2.86. The van der Waals surface area contributed by atoms with Gasteiger partial charge in [-0.1, -0.05) is 17.7 Å². The lowest BCUT2D eigenvalue weighted by Crippen LogP contribution is -2.61. The number of fused-ring (bicyclic) bond motifs is 2. The molecule has 184 valence electrons.